The van der Waals surface area contributed by atoms with Gasteiger partial charge in [0.05, 0.1) is 16.9 Å². The van der Waals surface area contributed by atoms with Gasteiger partial charge in [0.25, 0.3) is 0 Å². The average Bonchev–Trinajstić information content (AvgIpc) is 3.00. The van der Waals surface area contributed by atoms with Gasteiger partial charge in [0.15, 0.2) is 0 Å². The molecule has 0 saturated heterocycles. The molecule has 0 fully saturated rings. The maximum absolute atomic E-state index is 14.9. The summed E-state index contributed by atoms with van der Waals surface area (Å²) in [6.07, 6.45) is -13.4. The summed E-state index contributed by atoms with van der Waals surface area (Å²) in [6, 6.07) is 19.8. The molecule has 0 radical (unpaired) electrons. The van der Waals surface area contributed by atoms with Crippen LogP contribution in [-0.2, 0) is 30.6 Å². The van der Waals surface area contributed by atoms with Crippen molar-refractivity contribution in [2.24, 2.45) is 0 Å². The third-order valence-electron chi connectivity index (χ3n) is 6.79. The number of hydrogen-bond donors (Lipinski definition) is 1. The van der Waals surface area contributed by atoms with Crippen LogP contribution in [0.1, 0.15) is 11.1 Å². The lowest BCUT2D eigenvalue weighted by molar-refractivity contribution is -0.459. The van der Waals surface area contributed by atoms with Crippen molar-refractivity contribution in [2.45, 2.75) is 40.1 Å². The summed E-state index contributed by atoms with van der Waals surface area (Å²) < 4.78 is 182. The molecule has 4 aromatic carbocycles. The van der Waals surface area contributed by atoms with Gasteiger partial charge in [-0.2, -0.15) is 43.5 Å². The summed E-state index contributed by atoms with van der Waals surface area (Å²) in [5.74, 6) is -4.77. The molecule has 8 nitrogen and oxygen atoms in total. The van der Waals surface area contributed by atoms with Crippen molar-refractivity contribution in [2.75, 3.05) is 7.11 Å². The molecule has 0 amide bonds. The summed E-state index contributed by atoms with van der Waals surface area (Å²) in [6.45, 7) is 0.746. The highest BCUT2D eigenvalue weighted by atomic mass is 32.2. The second-order valence-corrected chi connectivity index (χ2v) is 13.4. The van der Waals surface area contributed by atoms with E-state index < -0.39 is 64.3 Å². The van der Waals surface area contributed by atoms with Gasteiger partial charge in [-0.3, -0.25) is 4.55 Å². The van der Waals surface area contributed by atoms with E-state index in [1.807, 2.05) is 12.1 Å². The molecule has 0 heterocycles. The molecule has 1 N–H and O–H groups in total. The molecule has 48 heavy (non-hydrogen) atoms. The van der Waals surface area contributed by atoms with Crippen molar-refractivity contribution in [1.29, 1.82) is 0 Å². The minimum atomic E-state index is -7.12. The molecule has 0 atom stereocenters. The fraction of sp³-hybridized carbons (Fsp3) is 0.200. The van der Waals surface area contributed by atoms with E-state index in [9.17, 15) is 52.0 Å². The SMILES string of the molecule is COc1ccc(-c2ccc(Oc3ccc(S(=O)(=O)c4ccc(C)c(C(F)(F)C(F)(F)OC(F)(F)C(F)(F)S(=O)(=O)O)c4)cc3)cc2)cc1. The van der Waals surface area contributed by atoms with Gasteiger partial charge in [0, 0.05) is 5.56 Å². The summed E-state index contributed by atoms with van der Waals surface area (Å²) in [7, 11) is -10.3. The van der Waals surface area contributed by atoms with E-state index in [1.165, 1.54) is 19.2 Å². The maximum Gasteiger partial charge on any atom is 0.460 e. The molecular weight excluding hydrogens is 704 g/mol. The number of hydrogen-bond acceptors (Lipinski definition) is 7. The third-order valence-corrected chi connectivity index (χ3v) is 9.44. The van der Waals surface area contributed by atoms with Crippen LogP contribution < -0.4 is 9.47 Å². The smallest absolute Gasteiger partial charge is 0.460 e. The highest BCUT2D eigenvalue weighted by Crippen LogP contribution is 2.51. The Morgan fingerprint density at radius 3 is 1.50 bits per heavy atom. The molecule has 18 heteroatoms. The van der Waals surface area contributed by atoms with E-state index in [1.54, 1.807) is 36.4 Å². The van der Waals surface area contributed by atoms with E-state index in [-0.39, 0.29) is 11.8 Å². The first-order valence-corrected chi connectivity index (χ1v) is 16.0. The number of aryl methyl sites for hydroxylation is 1. The van der Waals surface area contributed by atoms with Gasteiger partial charge in [-0.05, 0) is 84.3 Å². The highest BCUT2D eigenvalue weighted by Gasteiger charge is 2.74. The molecule has 0 aliphatic rings. The van der Waals surface area contributed by atoms with E-state index in [0.717, 1.165) is 36.2 Å². The standard InChI is InChI=1S/C30H22F8O8S2/c1-18-3-14-25(17-26(18)27(31,32)28(33,34)46-29(35,36)30(37,38)48(41,42)43)47(39,40)24-15-12-23(13-16-24)45-22-10-6-20(7-11-22)19-4-8-21(44-2)9-5-19/h3-17H,1-2H3,(H,41,42,43). The van der Waals surface area contributed by atoms with E-state index in [4.69, 9.17) is 14.0 Å². The minimum Gasteiger partial charge on any atom is -0.497 e. The fourth-order valence-electron chi connectivity index (χ4n) is 4.16. The Bertz CT molecular complexity index is 2000. The zero-order valence-corrected chi connectivity index (χ0v) is 25.9. The summed E-state index contributed by atoms with van der Waals surface area (Å²) in [4.78, 5) is -1.57. The molecule has 4 rings (SSSR count). The maximum atomic E-state index is 14.9. The van der Waals surface area contributed by atoms with Crippen LogP contribution in [0.15, 0.2) is 101 Å². The fourth-order valence-corrected chi connectivity index (χ4v) is 5.78. The van der Waals surface area contributed by atoms with Gasteiger partial charge in [0.2, 0.25) is 9.84 Å². The summed E-state index contributed by atoms with van der Waals surface area (Å²) in [5.41, 5.74) is -1.00. The van der Waals surface area contributed by atoms with Crippen LogP contribution in [0.25, 0.3) is 11.1 Å². The number of ether oxygens (including phenoxy) is 3. The van der Waals surface area contributed by atoms with Crippen molar-refractivity contribution in [3.8, 4) is 28.4 Å². The zero-order chi connectivity index (χ0) is 35.9. The largest absolute Gasteiger partial charge is 0.497 e. The van der Waals surface area contributed by atoms with Gasteiger partial charge in [-0.25, -0.2) is 13.2 Å². The predicted molar refractivity (Wildman–Crippen MR) is 153 cm³/mol. The van der Waals surface area contributed by atoms with E-state index in [0.29, 0.717) is 17.6 Å². The Balaban J connectivity index is 1.56. The molecule has 0 spiro atoms. The first-order chi connectivity index (χ1) is 22.0. The summed E-state index contributed by atoms with van der Waals surface area (Å²) in [5, 5.41) is -6.77. The summed E-state index contributed by atoms with van der Waals surface area (Å²) >= 11 is 0. The molecule has 4 aromatic rings. The third kappa shape index (κ3) is 6.96. The lowest BCUT2D eigenvalue weighted by Gasteiger charge is -2.32. The van der Waals surface area contributed by atoms with Gasteiger partial charge in [-0.1, -0.05) is 30.3 Å². The molecule has 258 valence electrons. The highest BCUT2D eigenvalue weighted by molar-refractivity contribution is 7.91. The van der Waals surface area contributed by atoms with Crippen LogP contribution in [0, 0.1) is 6.92 Å². The second-order valence-electron chi connectivity index (χ2n) is 10.0. The number of methoxy groups -OCH3 is 1. The molecule has 0 unspecified atom stereocenters. The number of sulfone groups is 1. The number of alkyl halides is 8. The second kappa shape index (κ2) is 12.6. The Hall–Kier alpha value is -4.26. The van der Waals surface area contributed by atoms with Gasteiger partial charge < -0.3 is 9.47 Å². The lowest BCUT2D eigenvalue weighted by atomic mass is 10.0. The van der Waals surface area contributed by atoms with Crippen LogP contribution in [0.3, 0.4) is 0 Å². The Labute approximate surface area is 268 Å². The number of rotatable bonds is 12. The first-order valence-electron chi connectivity index (χ1n) is 13.1. The molecule has 0 aliphatic carbocycles. The van der Waals surface area contributed by atoms with Crippen LogP contribution in [-0.4, -0.2) is 46.0 Å². The quantitative estimate of drug-likeness (QED) is 0.115. The number of halogens is 8. The van der Waals surface area contributed by atoms with Crippen LogP contribution in [0.5, 0.6) is 17.2 Å². The minimum absolute atomic E-state index is 0.00418. The number of benzene rings is 4. The van der Waals surface area contributed by atoms with E-state index in [2.05, 4.69) is 4.74 Å². The normalized spacial score (nSPS) is 13.3. The van der Waals surface area contributed by atoms with Crippen LogP contribution >= 0.6 is 0 Å². The van der Waals surface area contributed by atoms with Gasteiger partial charge >= 0.3 is 33.5 Å². The van der Waals surface area contributed by atoms with Crippen molar-refractivity contribution < 1.29 is 70.7 Å². The Morgan fingerprint density at radius 2 is 1.04 bits per heavy atom. The molecule has 0 aromatic heterocycles. The van der Waals surface area contributed by atoms with Crippen molar-refractivity contribution in [3.05, 3.63) is 102 Å². The van der Waals surface area contributed by atoms with Crippen molar-refractivity contribution in [3.63, 3.8) is 0 Å². The zero-order valence-electron chi connectivity index (χ0n) is 24.3. The molecule has 0 saturated carbocycles. The Morgan fingerprint density at radius 1 is 0.604 bits per heavy atom. The van der Waals surface area contributed by atoms with Crippen molar-refractivity contribution in [1.82, 2.24) is 0 Å². The van der Waals surface area contributed by atoms with E-state index >= 15 is 0 Å². The molecule has 0 bridgehead atoms. The molecule has 0 aliphatic heterocycles. The van der Waals surface area contributed by atoms with Gasteiger partial charge in [0.1, 0.15) is 17.2 Å². The average molecular weight is 727 g/mol. The van der Waals surface area contributed by atoms with Crippen LogP contribution in [0.4, 0.5) is 35.1 Å². The van der Waals surface area contributed by atoms with Crippen molar-refractivity contribution >= 4 is 20.0 Å². The first kappa shape index (κ1) is 36.6. The van der Waals surface area contributed by atoms with Gasteiger partial charge in [-0.15, -0.1) is 0 Å². The predicted octanol–water partition coefficient (Wildman–Crippen LogP) is 8.07. The topological polar surface area (TPSA) is 116 Å². The lowest BCUT2D eigenvalue weighted by Crippen LogP contribution is -2.55. The Kier molecular flexibility index (Phi) is 9.63. The van der Waals surface area contributed by atoms with Crippen LogP contribution in [0.2, 0.25) is 0 Å². The monoisotopic (exact) mass is 726 g/mol. The molecular formula is C30H22F8O8S2.